The molecule has 0 N–H and O–H groups in total. The molecule has 0 spiro atoms. The highest BCUT2D eigenvalue weighted by Crippen LogP contribution is 2.11. The zero-order valence-electron chi connectivity index (χ0n) is 8.23. The first-order valence-corrected chi connectivity index (χ1v) is 4.40. The summed E-state index contributed by atoms with van der Waals surface area (Å²) in [7, 11) is 7.64. The summed E-state index contributed by atoms with van der Waals surface area (Å²) in [5.41, 5.74) is 3.19. The van der Waals surface area contributed by atoms with Gasteiger partial charge in [-0.3, -0.25) is 9.67 Å². The van der Waals surface area contributed by atoms with Crippen molar-refractivity contribution in [3.05, 3.63) is 30.1 Å². The maximum absolute atomic E-state index is 5.80. The fourth-order valence-corrected chi connectivity index (χ4v) is 1.38. The summed E-state index contributed by atoms with van der Waals surface area (Å²) in [5, 5.41) is 4.25. The first-order valence-electron chi connectivity index (χ1n) is 4.40. The van der Waals surface area contributed by atoms with Gasteiger partial charge in [-0.1, -0.05) is 6.07 Å². The van der Waals surface area contributed by atoms with E-state index in [4.69, 9.17) is 7.85 Å². The molecule has 0 saturated carbocycles. The molecular weight excluding hydrogens is 173 g/mol. The van der Waals surface area contributed by atoms with E-state index in [1.807, 2.05) is 32.2 Å². The lowest BCUT2D eigenvalue weighted by molar-refractivity contribution is 0.770. The fourth-order valence-electron chi connectivity index (χ4n) is 1.38. The number of pyridine rings is 1. The van der Waals surface area contributed by atoms with Crippen LogP contribution in [0.25, 0.3) is 11.4 Å². The molecule has 2 radical (unpaired) electrons. The summed E-state index contributed by atoms with van der Waals surface area (Å²) in [5.74, 6) is 0. The smallest absolute Gasteiger partial charge is 0.119 e. The van der Waals surface area contributed by atoms with Gasteiger partial charge in [0.1, 0.15) is 13.5 Å². The van der Waals surface area contributed by atoms with Crippen molar-refractivity contribution in [1.29, 1.82) is 0 Å². The lowest BCUT2D eigenvalue weighted by Gasteiger charge is -1.98. The second-order valence-corrected chi connectivity index (χ2v) is 3.27. The summed E-state index contributed by atoms with van der Waals surface area (Å²) in [6.45, 7) is 1.95. The molecule has 0 aromatic carbocycles. The quantitative estimate of drug-likeness (QED) is 0.605. The zero-order chi connectivity index (χ0) is 10.1. The van der Waals surface area contributed by atoms with Gasteiger partial charge in [-0.25, -0.2) is 0 Å². The molecule has 2 aromatic heterocycles. The minimum absolute atomic E-state index is 0.658. The topological polar surface area (TPSA) is 30.7 Å². The van der Waals surface area contributed by atoms with E-state index in [1.165, 1.54) is 0 Å². The maximum atomic E-state index is 5.80. The van der Waals surface area contributed by atoms with Crippen LogP contribution in [0.2, 0.25) is 0 Å². The third kappa shape index (κ3) is 1.55. The summed E-state index contributed by atoms with van der Waals surface area (Å²) >= 11 is 0. The van der Waals surface area contributed by atoms with Crippen LogP contribution in [0.15, 0.2) is 24.4 Å². The number of nitrogens with zero attached hydrogens (tertiary/aromatic N) is 3. The molecule has 0 aliphatic rings. The van der Waals surface area contributed by atoms with Gasteiger partial charge in [0, 0.05) is 18.9 Å². The van der Waals surface area contributed by atoms with Crippen LogP contribution in [-0.4, -0.2) is 22.6 Å². The largest absolute Gasteiger partial charge is 0.276 e. The predicted molar refractivity (Wildman–Crippen MR) is 56.6 cm³/mol. The van der Waals surface area contributed by atoms with E-state index in [9.17, 15) is 0 Å². The number of aromatic nitrogens is 3. The molecule has 0 fully saturated rings. The van der Waals surface area contributed by atoms with Gasteiger partial charge in [0.15, 0.2) is 0 Å². The van der Waals surface area contributed by atoms with Crippen LogP contribution in [0.1, 0.15) is 5.69 Å². The number of aryl methyl sites for hydroxylation is 2. The van der Waals surface area contributed by atoms with Crippen LogP contribution in [0.4, 0.5) is 0 Å². The molecule has 14 heavy (non-hydrogen) atoms. The van der Waals surface area contributed by atoms with Crippen molar-refractivity contribution in [1.82, 2.24) is 14.8 Å². The standard InChI is InChI=1S/C10H10BN3/c1-7-4-3-5-9(12-7)10-8(11)6-14(2)13-10/h3-6H,1-2H3. The van der Waals surface area contributed by atoms with Gasteiger partial charge in [0.05, 0.1) is 5.69 Å². The Kier molecular flexibility index (Phi) is 2.12. The molecule has 0 saturated heterocycles. The summed E-state index contributed by atoms with van der Waals surface area (Å²) < 4.78 is 1.69. The minimum atomic E-state index is 0.658. The number of hydrogen-bond donors (Lipinski definition) is 0. The van der Waals surface area contributed by atoms with E-state index in [0.29, 0.717) is 5.46 Å². The molecule has 3 nitrogen and oxygen atoms in total. The minimum Gasteiger partial charge on any atom is -0.276 e. The molecule has 0 atom stereocenters. The first-order chi connectivity index (χ1) is 6.66. The molecule has 0 aliphatic heterocycles. The molecule has 0 amide bonds. The first kappa shape index (κ1) is 9.00. The maximum Gasteiger partial charge on any atom is 0.119 e. The molecule has 68 valence electrons. The van der Waals surface area contributed by atoms with Crippen molar-refractivity contribution in [2.45, 2.75) is 6.92 Å². The Balaban J connectivity index is 2.54. The van der Waals surface area contributed by atoms with Crippen molar-refractivity contribution >= 4 is 13.3 Å². The molecule has 2 aromatic rings. The van der Waals surface area contributed by atoms with Crippen molar-refractivity contribution in [2.75, 3.05) is 0 Å². The Labute approximate surface area is 84.2 Å². The van der Waals surface area contributed by atoms with Gasteiger partial charge in [0.25, 0.3) is 0 Å². The van der Waals surface area contributed by atoms with Gasteiger partial charge in [0.2, 0.25) is 0 Å². The van der Waals surface area contributed by atoms with Crippen LogP contribution in [-0.2, 0) is 7.05 Å². The molecule has 0 unspecified atom stereocenters. The van der Waals surface area contributed by atoms with E-state index in [0.717, 1.165) is 17.1 Å². The molecular formula is C10H10BN3. The molecule has 2 heterocycles. The third-order valence-corrected chi connectivity index (χ3v) is 1.99. The highest BCUT2D eigenvalue weighted by Gasteiger charge is 2.06. The average Bonchev–Trinajstić information content (AvgIpc) is 2.45. The summed E-state index contributed by atoms with van der Waals surface area (Å²) in [6.07, 6.45) is 1.78. The predicted octanol–water partition coefficient (Wildman–Crippen LogP) is 0.584. The third-order valence-electron chi connectivity index (χ3n) is 1.99. The van der Waals surface area contributed by atoms with E-state index in [2.05, 4.69) is 10.1 Å². The monoisotopic (exact) mass is 183 g/mol. The van der Waals surface area contributed by atoms with Crippen molar-refractivity contribution in [2.24, 2.45) is 7.05 Å². The highest BCUT2D eigenvalue weighted by atomic mass is 15.3. The van der Waals surface area contributed by atoms with Crippen molar-refractivity contribution in [3.8, 4) is 11.4 Å². The van der Waals surface area contributed by atoms with Crippen LogP contribution >= 0.6 is 0 Å². The SMILES string of the molecule is [B]c1cn(C)nc1-c1cccc(C)n1. The van der Waals surface area contributed by atoms with E-state index >= 15 is 0 Å². The summed E-state index contributed by atoms with van der Waals surface area (Å²) in [4.78, 5) is 4.36. The molecule has 4 heteroatoms. The van der Waals surface area contributed by atoms with E-state index in [-0.39, 0.29) is 0 Å². The normalized spacial score (nSPS) is 10.4. The Hall–Kier alpha value is -1.58. The Morgan fingerprint density at radius 2 is 2.14 bits per heavy atom. The van der Waals surface area contributed by atoms with E-state index < -0.39 is 0 Å². The van der Waals surface area contributed by atoms with Crippen LogP contribution < -0.4 is 5.46 Å². The van der Waals surface area contributed by atoms with Crippen LogP contribution in [0, 0.1) is 6.92 Å². The Morgan fingerprint density at radius 1 is 1.36 bits per heavy atom. The van der Waals surface area contributed by atoms with Crippen LogP contribution in [0.5, 0.6) is 0 Å². The second kappa shape index (κ2) is 3.29. The molecule has 0 bridgehead atoms. The van der Waals surface area contributed by atoms with Gasteiger partial charge < -0.3 is 0 Å². The van der Waals surface area contributed by atoms with Gasteiger partial charge in [-0.05, 0) is 24.5 Å². The average molecular weight is 183 g/mol. The van der Waals surface area contributed by atoms with Gasteiger partial charge in [-0.15, -0.1) is 0 Å². The number of hydrogen-bond acceptors (Lipinski definition) is 2. The van der Waals surface area contributed by atoms with Gasteiger partial charge in [-0.2, -0.15) is 5.10 Å². The highest BCUT2D eigenvalue weighted by molar-refractivity contribution is 6.35. The molecule has 2 rings (SSSR count). The lowest BCUT2D eigenvalue weighted by atomic mass is 9.95. The number of rotatable bonds is 1. The zero-order valence-corrected chi connectivity index (χ0v) is 8.23. The van der Waals surface area contributed by atoms with Crippen molar-refractivity contribution in [3.63, 3.8) is 0 Å². The Morgan fingerprint density at radius 3 is 2.71 bits per heavy atom. The van der Waals surface area contributed by atoms with Gasteiger partial charge >= 0.3 is 0 Å². The lowest BCUT2D eigenvalue weighted by Crippen LogP contribution is -2.03. The van der Waals surface area contributed by atoms with Crippen molar-refractivity contribution < 1.29 is 0 Å². The fraction of sp³-hybridized carbons (Fsp3) is 0.200. The second-order valence-electron chi connectivity index (χ2n) is 3.27. The summed E-state index contributed by atoms with van der Waals surface area (Å²) in [6, 6.07) is 5.81. The van der Waals surface area contributed by atoms with Crippen LogP contribution in [0.3, 0.4) is 0 Å². The molecule has 0 aliphatic carbocycles. The Bertz CT molecular complexity index is 462. The van der Waals surface area contributed by atoms with E-state index in [1.54, 1.807) is 10.9 Å².